The average molecular weight is 364 g/mol. The van der Waals surface area contributed by atoms with Crippen molar-refractivity contribution in [2.24, 2.45) is 5.92 Å². The molecule has 134 valence electrons. The third-order valence-corrected chi connectivity index (χ3v) is 4.01. The molecule has 0 radical (unpaired) electrons. The zero-order valence-electron chi connectivity index (χ0n) is 14.4. The second kappa shape index (κ2) is 8.67. The Balaban J connectivity index is 2.11. The normalized spacial score (nSPS) is 10.9. The molecule has 1 aromatic heterocycles. The first-order valence-corrected chi connectivity index (χ1v) is 8.51. The summed E-state index contributed by atoms with van der Waals surface area (Å²) in [4.78, 5) is 25.1. The number of aromatic nitrogens is 2. The van der Waals surface area contributed by atoms with Crippen LogP contribution in [0, 0.1) is 5.92 Å². The maximum atomic E-state index is 12.7. The molecule has 2 rings (SSSR count). The molecule has 0 unspecified atom stereocenters. The van der Waals surface area contributed by atoms with Gasteiger partial charge in [0.2, 0.25) is 0 Å². The third-order valence-electron chi connectivity index (χ3n) is 3.64. The van der Waals surface area contributed by atoms with Crippen LogP contribution in [0.3, 0.4) is 0 Å². The van der Waals surface area contributed by atoms with E-state index in [4.69, 9.17) is 16.7 Å². The first-order valence-electron chi connectivity index (χ1n) is 8.13. The van der Waals surface area contributed by atoms with Crippen molar-refractivity contribution in [2.75, 3.05) is 13.1 Å². The predicted octanol–water partition coefficient (Wildman–Crippen LogP) is 3.16. The minimum atomic E-state index is -0.920. The standard InChI is InChI=1S/C18H22ClN3O3/c1-13(2)10-21(8-7-17(23)24)18(25)15-9-20-22(12-15)11-14-5-3-4-6-16(14)19/h3-6,9,12-13H,7-8,10-11H2,1-2H3,(H,23,24). The molecular weight excluding hydrogens is 342 g/mol. The number of carbonyl (C=O) groups excluding carboxylic acids is 1. The Morgan fingerprint density at radius 3 is 2.68 bits per heavy atom. The number of aliphatic carboxylic acids is 1. The van der Waals surface area contributed by atoms with Crippen molar-refractivity contribution in [1.82, 2.24) is 14.7 Å². The monoisotopic (exact) mass is 363 g/mol. The lowest BCUT2D eigenvalue weighted by Crippen LogP contribution is -2.35. The van der Waals surface area contributed by atoms with Crippen LogP contribution in [0.2, 0.25) is 5.02 Å². The van der Waals surface area contributed by atoms with E-state index >= 15 is 0 Å². The molecule has 0 aliphatic carbocycles. The lowest BCUT2D eigenvalue weighted by molar-refractivity contribution is -0.137. The SMILES string of the molecule is CC(C)CN(CCC(=O)O)C(=O)c1cnn(Cc2ccccc2Cl)c1. The number of hydrogen-bond donors (Lipinski definition) is 1. The summed E-state index contributed by atoms with van der Waals surface area (Å²) in [5.74, 6) is -0.882. The second-order valence-electron chi connectivity index (χ2n) is 6.31. The van der Waals surface area contributed by atoms with Crippen LogP contribution in [0.15, 0.2) is 36.7 Å². The summed E-state index contributed by atoms with van der Waals surface area (Å²) in [6, 6.07) is 7.47. The number of hydrogen-bond acceptors (Lipinski definition) is 3. The number of rotatable bonds is 8. The van der Waals surface area contributed by atoms with Crippen molar-refractivity contribution in [1.29, 1.82) is 0 Å². The smallest absolute Gasteiger partial charge is 0.305 e. The number of carbonyl (C=O) groups is 2. The Bertz CT molecular complexity index is 743. The fourth-order valence-corrected chi connectivity index (χ4v) is 2.69. The van der Waals surface area contributed by atoms with Gasteiger partial charge in [-0.3, -0.25) is 14.3 Å². The Labute approximate surface area is 152 Å². The summed E-state index contributed by atoms with van der Waals surface area (Å²) < 4.78 is 1.65. The lowest BCUT2D eigenvalue weighted by Gasteiger charge is -2.23. The molecule has 0 saturated carbocycles. The second-order valence-corrected chi connectivity index (χ2v) is 6.71. The van der Waals surface area contributed by atoms with Crippen molar-refractivity contribution in [3.05, 3.63) is 52.8 Å². The summed E-state index contributed by atoms with van der Waals surface area (Å²) in [7, 11) is 0. The summed E-state index contributed by atoms with van der Waals surface area (Å²) in [5.41, 5.74) is 1.36. The first-order chi connectivity index (χ1) is 11.9. The van der Waals surface area contributed by atoms with Crippen molar-refractivity contribution in [3.63, 3.8) is 0 Å². The Kier molecular flexibility index (Phi) is 6.58. The van der Waals surface area contributed by atoms with Gasteiger partial charge in [-0.2, -0.15) is 5.10 Å². The van der Waals surface area contributed by atoms with Gasteiger partial charge >= 0.3 is 5.97 Å². The molecule has 25 heavy (non-hydrogen) atoms. The van der Waals surface area contributed by atoms with Gasteiger partial charge in [-0.25, -0.2) is 0 Å². The molecule has 0 spiro atoms. The van der Waals surface area contributed by atoms with Gasteiger partial charge in [0.15, 0.2) is 0 Å². The van der Waals surface area contributed by atoms with Crippen LogP contribution in [0.25, 0.3) is 0 Å². The minimum Gasteiger partial charge on any atom is -0.481 e. The maximum Gasteiger partial charge on any atom is 0.305 e. The molecular formula is C18H22ClN3O3. The molecule has 0 fully saturated rings. The largest absolute Gasteiger partial charge is 0.481 e. The number of carboxylic acid groups (broad SMARTS) is 1. The molecule has 1 N–H and O–H groups in total. The summed E-state index contributed by atoms with van der Waals surface area (Å²) in [6.45, 7) is 5.12. The molecule has 6 nitrogen and oxygen atoms in total. The molecule has 7 heteroatoms. The lowest BCUT2D eigenvalue weighted by atomic mass is 10.2. The quantitative estimate of drug-likeness (QED) is 0.781. The van der Waals surface area contributed by atoms with Gasteiger partial charge in [-0.1, -0.05) is 43.6 Å². The number of nitrogens with zero attached hydrogens (tertiary/aromatic N) is 3. The van der Waals surface area contributed by atoms with E-state index in [0.29, 0.717) is 23.7 Å². The zero-order valence-corrected chi connectivity index (χ0v) is 15.1. The van der Waals surface area contributed by atoms with Crippen LogP contribution in [-0.4, -0.2) is 44.8 Å². The van der Waals surface area contributed by atoms with E-state index < -0.39 is 5.97 Å². The van der Waals surface area contributed by atoms with Gasteiger partial charge in [0.05, 0.1) is 24.7 Å². The summed E-state index contributed by atoms with van der Waals surface area (Å²) in [5, 5.41) is 13.7. The van der Waals surface area contributed by atoms with E-state index in [0.717, 1.165) is 5.56 Å². The van der Waals surface area contributed by atoms with Crippen LogP contribution in [-0.2, 0) is 11.3 Å². The summed E-state index contributed by atoms with van der Waals surface area (Å²) >= 11 is 6.15. The highest BCUT2D eigenvalue weighted by Gasteiger charge is 2.19. The molecule has 1 amide bonds. The van der Waals surface area contributed by atoms with E-state index in [1.54, 1.807) is 15.8 Å². The molecule has 2 aromatic rings. The molecule has 1 heterocycles. The average Bonchev–Trinajstić information content (AvgIpc) is 3.01. The van der Waals surface area contributed by atoms with Crippen molar-refractivity contribution >= 4 is 23.5 Å². The van der Waals surface area contributed by atoms with Gasteiger partial charge < -0.3 is 10.0 Å². The number of carboxylic acids is 1. The van der Waals surface area contributed by atoms with E-state index in [1.165, 1.54) is 6.20 Å². The van der Waals surface area contributed by atoms with Crippen LogP contribution in [0.5, 0.6) is 0 Å². The van der Waals surface area contributed by atoms with Gasteiger partial charge in [-0.15, -0.1) is 0 Å². The highest BCUT2D eigenvalue weighted by molar-refractivity contribution is 6.31. The Morgan fingerprint density at radius 2 is 2.04 bits per heavy atom. The number of benzene rings is 1. The Hall–Kier alpha value is -2.34. The van der Waals surface area contributed by atoms with Gasteiger partial charge in [-0.05, 0) is 17.5 Å². The van der Waals surface area contributed by atoms with E-state index in [9.17, 15) is 9.59 Å². The Morgan fingerprint density at radius 1 is 1.32 bits per heavy atom. The van der Waals surface area contributed by atoms with E-state index in [1.807, 2.05) is 38.1 Å². The van der Waals surface area contributed by atoms with Crippen LogP contribution in [0.1, 0.15) is 36.2 Å². The van der Waals surface area contributed by atoms with Crippen molar-refractivity contribution in [2.45, 2.75) is 26.8 Å². The topological polar surface area (TPSA) is 75.4 Å². The van der Waals surface area contributed by atoms with Gasteiger partial charge in [0.1, 0.15) is 0 Å². The van der Waals surface area contributed by atoms with Crippen LogP contribution < -0.4 is 0 Å². The third kappa shape index (κ3) is 5.60. The fraction of sp³-hybridized carbons (Fsp3) is 0.389. The van der Waals surface area contributed by atoms with Crippen molar-refractivity contribution in [3.8, 4) is 0 Å². The number of halogens is 1. The maximum absolute atomic E-state index is 12.7. The predicted molar refractivity (Wildman–Crippen MR) is 95.8 cm³/mol. The van der Waals surface area contributed by atoms with Crippen LogP contribution in [0.4, 0.5) is 0 Å². The molecule has 0 aliphatic heterocycles. The van der Waals surface area contributed by atoms with Gasteiger partial charge in [0.25, 0.3) is 5.91 Å². The van der Waals surface area contributed by atoms with Gasteiger partial charge in [0, 0.05) is 24.3 Å². The van der Waals surface area contributed by atoms with E-state index in [2.05, 4.69) is 5.10 Å². The van der Waals surface area contributed by atoms with Crippen molar-refractivity contribution < 1.29 is 14.7 Å². The molecule has 0 bridgehead atoms. The van der Waals surface area contributed by atoms with Crippen LogP contribution >= 0.6 is 11.6 Å². The molecule has 0 aliphatic rings. The van der Waals surface area contributed by atoms with E-state index in [-0.39, 0.29) is 24.8 Å². The zero-order chi connectivity index (χ0) is 18.4. The molecule has 1 aromatic carbocycles. The highest BCUT2D eigenvalue weighted by atomic mass is 35.5. The summed E-state index contributed by atoms with van der Waals surface area (Å²) in [6.07, 6.45) is 3.10. The minimum absolute atomic E-state index is 0.0772. The molecule has 0 saturated heterocycles. The number of amides is 1. The highest BCUT2D eigenvalue weighted by Crippen LogP contribution is 2.16. The fourth-order valence-electron chi connectivity index (χ4n) is 2.49. The first kappa shape index (κ1) is 19.0. The molecule has 0 atom stereocenters.